The Balaban J connectivity index is 2.26. The van der Waals surface area contributed by atoms with Crippen molar-refractivity contribution < 1.29 is 14.5 Å². The fraction of sp³-hybridized carbons (Fsp3) is 0.143. The lowest BCUT2D eigenvalue weighted by molar-refractivity contribution is 0.0698. The van der Waals surface area contributed by atoms with Crippen LogP contribution >= 0.6 is 0 Å². The Kier molecular flexibility index (Phi) is 3.02. The van der Waals surface area contributed by atoms with E-state index in [4.69, 9.17) is 0 Å². The molecular formula is C14H11N3O4. The van der Waals surface area contributed by atoms with E-state index in [0.29, 0.717) is 22.3 Å². The first-order chi connectivity index (χ1) is 10.1. The Morgan fingerprint density at radius 2 is 2.10 bits per heavy atom. The molecular weight excluding hydrogens is 274 g/mol. The van der Waals surface area contributed by atoms with Crippen LogP contribution in [0.1, 0.15) is 21.7 Å². The number of benzene rings is 1. The highest BCUT2D eigenvalue weighted by atomic mass is 16.6. The molecule has 1 aromatic carbocycles. The van der Waals surface area contributed by atoms with Gasteiger partial charge in [0.2, 0.25) is 0 Å². The topological polar surface area (TPSA) is 98.2 Å². The molecule has 0 radical (unpaired) electrons. The number of carboxylic acid groups (broad SMARTS) is 1. The molecule has 0 amide bonds. The highest BCUT2D eigenvalue weighted by molar-refractivity contribution is 6.02. The lowest BCUT2D eigenvalue weighted by Crippen LogP contribution is -2.23. The van der Waals surface area contributed by atoms with Crippen LogP contribution in [0.4, 0.5) is 0 Å². The van der Waals surface area contributed by atoms with Crippen LogP contribution in [0, 0.1) is 6.92 Å². The number of rotatable bonds is 3. The average molecular weight is 285 g/mol. The van der Waals surface area contributed by atoms with Crippen molar-refractivity contribution in [1.29, 1.82) is 0 Å². The largest absolute Gasteiger partial charge is 0.478 e. The summed E-state index contributed by atoms with van der Waals surface area (Å²) in [5.74, 6) is -1.13. The molecule has 0 aliphatic heterocycles. The average Bonchev–Trinajstić information content (AvgIpc) is 2.86. The normalized spacial score (nSPS) is 10.9. The van der Waals surface area contributed by atoms with Gasteiger partial charge < -0.3 is 9.67 Å². The molecule has 0 saturated carbocycles. The van der Waals surface area contributed by atoms with Gasteiger partial charge in [-0.25, -0.2) is 9.42 Å². The van der Waals surface area contributed by atoms with E-state index in [1.807, 2.05) is 0 Å². The van der Waals surface area contributed by atoms with Crippen LogP contribution in [0.15, 0.2) is 39.8 Å². The molecule has 0 spiro atoms. The van der Waals surface area contributed by atoms with E-state index >= 15 is 0 Å². The van der Waals surface area contributed by atoms with Crippen molar-refractivity contribution in [2.45, 2.75) is 13.5 Å². The minimum atomic E-state index is -1.13. The van der Waals surface area contributed by atoms with Crippen molar-refractivity contribution in [3.8, 4) is 0 Å². The van der Waals surface area contributed by atoms with Gasteiger partial charge in [0, 0.05) is 11.5 Å². The Morgan fingerprint density at radius 1 is 1.33 bits per heavy atom. The summed E-state index contributed by atoms with van der Waals surface area (Å²) in [5.41, 5.74) is 1.23. The Bertz CT molecular complexity index is 895. The number of carboxylic acids is 1. The standard InChI is InChI=1S/C14H11N3O4/c1-8-11(16-21-15-8)7-17-12-5-3-2-4-9(12)10(14(19)20)6-13(17)18/h2-6H,7H2,1H3,(H,19,20). The fourth-order valence-corrected chi connectivity index (χ4v) is 2.22. The van der Waals surface area contributed by atoms with Crippen molar-refractivity contribution >= 4 is 16.9 Å². The van der Waals surface area contributed by atoms with Crippen LogP contribution in [-0.4, -0.2) is 26.0 Å². The minimum absolute atomic E-state index is 0.0122. The van der Waals surface area contributed by atoms with Gasteiger partial charge in [-0.05, 0) is 13.0 Å². The summed E-state index contributed by atoms with van der Waals surface area (Å²) in [6.45, 7) is 1.90. The summed E-state index contributed by atoms with van der Waals surface area (Å²) >= 11 is 0. The zero-order valence-corrected chi connectivity index (χ0v) is 11.1. The van der Waals surface area contributed by atoms with Crippen LogP contribution in [0.25, 0.3) is 10.9 Å². The number of fused-ring (bicyclic) bond motifs is 1. The summed E-state index contributed by atoms with van der Waals surface area (Å²) in [7, 11) is 0. The van der Waals surface area contributed by atoms with Gasteiger partial charge in [-0.15, -0.1) is 0 Å². The third kappa shape index (κ3) is 2.18. The van der Waals surface area contributed by atoms with E-state index in [2.05, 4.69) is 14.9 Å². The number of aromatic nitrogens is 3. The van der Waals surface area contributed by atoms with Gasteiger partial charge in [-0.2, -0.15) is 0 Å². The van der Waals surface area contributed by atoms with Crippen molar-refractivity contribution in [1.82, 2.24) is 14.9 Å². The number of hydrogen-bond donors (Lipinski definition) is 1. The molecule has 0 unspecified atom stereocenters. The zero-order chi connectivity index (χ0) is 15.0. The number of aromatic carboxylic acids is 1. The highest BCUT2D eigenvalue weighted by Gasteiger charge is 2.15. The first-order valence-corrected chi connectivity index (χ1v) is 6.22. The summed E-state index contributed by atoms with van der Waals surface area (Å²) < 4.78 is 6.07. The molecule has 0 aliphatic rings. The van der Waals surface area contributed by atoms with E-state index in [1.54, 1.807) is 31.2 Å². The molecule has 0 aliphatic carbocycles. The highest BCUT2D eigenvalue weighted by Crippen LogP contribution is 2.18. The van der Waals surface area contributed by atoms with E-state index in [0.717, 1.165) is 6.07 Å². The maximum absolute atomic E-state index is 12.2. The van der Waals surface area contributed by atoms with Gasteiger partial charge >= 0.3 is 5.97 Å². The first-order valence-electron chi connectivity index (χ1n) is 6.22. The lowest BCUT2D eigenvalue weighted by Gasteiger charge is -2.10. The predicted molar refractivity (Wildman–Crippen MR) is 73.3 cm³/mol. The second kappa shape index (κ2) is 4.86. The molecule has 3 aromatic rings. The quantitative estimate of drug-likeness (QED) is 0.781. The number of carbonyl (C=O) groups is 1. The number of para-hydroxylation sites is 1. The molecule has 3 rings (SSSR count). The molecule has 1 N–H and O–H groups in total. The summed E-state index contributed by atoms with van der Waals surface area (Å²) in [6.07, 6.45) is 0. The van der Waals surface area contributed by atoms with Gasteiger partial charge in [0.1, 0.15) is 11.4 Å². The van der Waals surface area contributed by atoms with Gasteiger partial charge in [-0.1, -0.05) is 28.5 Å². The van der Waals surface area contributed by atoms with Crippen molar-refractivity contribution in [2.75, 3.05) is 0 Å². The smallest absolute Gasteiger partial charge is 0.336 e. The Morgan fingerprint density at radius 3 is 2.76 bits per heavy atom. The van der Waals surface area contributed by atoms with E-state index in [1.165, 1.54) is 4.57 Å². The molecule has 7 nitrogen and oxygen atoms in total. The number of nitrogens with zero attached hydrogens (tertiary/aromatic N) is 3. The third-order valence-electron chi connectivity index (χ3n) is 3.30. The molecule has 7 heteroatoms. The second-order valence-corrected chi connectivity index (χ2v) is 4.60. The van der Waals surface area contributed by atoms with E-state index in [-0.39, 0.29) is 12.1 Å². The third-order valence-corrected chi connectivity index (χ3v) is 3.30. The Labute approximate surface area is 118 Å². The summed E-state index contributed by atoms with van der Waals surface area (Å²) in [4.78, 5) is 23.5. The number of pyridine rings is 1. The van der Waals surface area contributed by atoms with Gasteiger partial charge in [0.15, 0.2) is 0 Å². The Hall–Kier alpha value is -2.96. The van der Waals surface area contributed by atoms with Crippen molar-refractivity contribution in [3.63, 3.8) is 0 Å². The second-order valence-electron chi connectivity index (χ2n) is 4.60. The van der Waals surface area contributed by atoms with Crippen LogP contribution in [-0.2, 0) is 6.54 Å². The number of hydrogen-bond acceptors (Lipinski definition) is 5. The van der Waals surface area contributed by atoms with Crippen molar-refractivity contribution in [3.05, 3.63) is 57.6 Å². The maximum atomic E-state index is 12.2. The first kappa shape index (κ1) is 13.0. The van der Waals surface area contributed by atoms with Crippen molar-refractivity contribution in [2.24, 2.45) is 0 Å². The van der Waals surface area contributed by atoms with Gasteiger partial charge in [0.25, 0.3) is 5.56 Å². The molecule has 2 heterocycles. The molecule has 0 bridgehead atoms. The van der Waals surface area contributed by atoms with Crippen LogP contribution in [0.5, 0.6) is 0 Å². The molecule has 106 valence electrons. The van der Waals surface area contributed by atoms with Crippen LogP contribution in [0.2, 0.25) is 0 Å². The van der Waals surface area contributed by atoms with Crippen LogP contribution < -0.4 is 5.56 Å². The van der Waals surface area contributed by atoms with Crippen LogP contribution in [0.3, 0.4) is 0 Å². The monoisotopic (exact) mass is 285 g/mol. The van der Waals surface area contributed by atoms with E-state index < -0.39 is 11.5 Å². The maximum Gasteiger partial charge on any atom is 0.336 e. The lowest BCUT2D eigenvalue weighted by atomic mass is 10.1. The van der Waals surface area contributed by atoms with E-state index in [9.17, 15) is 14.7 Å². The molecule has 0 atom stereocenters. The molecule has 0 fully saturated rings. The predicted octanol–water partition coefficient (Wildman–Crippen LogP) is 1.44. The summed E-state index contributed by atoms with van der Waals surface area (Å²) in [5, 5.41) is 17.1. The number of aryl methyl sites for hydroxylation is 1. The fourth-order valence-electron chi connectivity index (χ4n) is 2.22. The molecule has 0 saturated heterocycles. The minimum Gasteiger partial charge on any atom is -0.478 e. The zero-order valence-electron chi connectivity index (χ0n) is 11.1. The SMILES string of the molecule is Cc1nonc1Cn1c(=O)cc(C(=O)O)c2ccccc21. The van der Waals surface area contributed by atoms with Gasteiger partial charge in [0.05, 0.1) is 17.6 Å². The summed E-state index contributed by atoms with van der Waals surface area (Å²) in [6, 6.07) is 7.96. The molecule has 21 heavy (non-hydrogen) atoms. The van der Waals surface area contributed by atoms with Gasteiger partial charge in [-0.3, -0.25) is 4.79 Å². The molecule has 2 aromatic heterocycles.